The SMILES string of the molecule is COc1c(N2CCC[C@H]([C@@H](C)CO)C2C)cc(C(=O)Nc2nnc(/N=C(C)/C=C\N)s2)oc1=O. The van der Waals surface area contributed by atoms with E-state index >= 15 is 0 Å². The molecule has 1 unspecified atom stereocenters. The zero-order valence-electron chi connectivity index (χ0n) is 19.6. The molecule has 1 amide bonds. The highest BCUT2D eigenvalue weighted by Crippen LogP contribution is 2.36. The number of ether oxygens (including phenoxy) is 1. The number of anilines is 2. The first-order valence-electron chi connectivity index (χ1n) is 11.0. The van der Waals surface area contributed by atoms with Crippen LogP contribution in [-0.4, -0.2) is 53.2 Å². The van der Waals surface area contributed by atoms with Gasteiger partial charge in [-0.05, 0) is 50.8 Å². The van der Waals surface area contributed by atoms with Crippen molar-refractivity contribution in [1.29, 1.82) is 0 Å². The van der Waals surface area contributed by atoms with Crippen molar-refractivity contribution in [2.75, 3.05) is 30.5 Å². The molecule has 0 spiro atoms. The van der Waals surface area contributed by atoms with Crippen LogP contribution in [0.3, 0.4) is 0 Å². The average molecular weight is 491 g/mol. The number of rotatable bonds is 8. The van der Waals surface area contributed by atoms with E-state index in [0.29, 0.717) is 23.1 Å². The van der Waals surface area contributed by atoms with E-state index in [9.17, 15) is 14.7 Å². The Morgan fingerprint density at radius 3 is 2.97 bits per heavy atom. The van der Waals surface area contributed by atoms with Gasteiger partial charge in [0.05, 0.1) is 12.8 Å². The number of nitrogens with zero attached hydrogens (tertiary/aromatic N) is 4. The first-order valence-corrected chi connectivity index (χ1v) is 11.8. The Morgan fingerprint density at radius 2 is 2.29 bits per heavy atom. The maximum Gasteiger partial charge on any atom is 0.381 e. The van der Waals surface area contributed by atoms with Crippen LogP contribution in [-0.2, 0) is 0 Å². The predicted molar refractivity (Wildman–Crippen MR) is 131 cm³/mol. The van der Waals surface area contributed by atoms with Gasteiger partial charge in [0, 0.05) is 31.0 Å². The van der Waals surface area contributed by atoms with Crippen molar-refractivity contribution in [2.45, 2.75) is 39.7 Å². The highest BCUT2D eigenvalue weighted by molar-refractivity contribution is 7.18. The number of aromatic nitrogens is 2. The Hall–Kier alpha value is -3.25. The lowest BCUT2D eigenvalue weighted by molar-refractivity contribution is 0.0991. The van der Waals surface area contributed by atoms with Gasteiger partial charge in [0.25, 0.3) is 5.91 Å². The summed E-state index contributed by atoms with van der Waals surface area (Å²) in [5.74, 6) is -0.448. The Morgan fingerprint density at radius 1 is 1.53 bits per heavy atom. The fourth-order valence-electron chi connectivity index (χ4n) is 4.19. The Balaban J connectivity index is 1.88. The van der Waals surface area contributed by atoms with Gasteiger partial charge in [0.15, 0.2) is 5.76 Å². The summed E-state index contributed by atoms with van der Waals surface area (Å²) < 4.78 is 10.6. The number of carbonyl (C=O) groups is 1. The number of carbonyl (C=O) groups excluding carboxylic acids is 1. The summed E-state index contributed by atoms with van der Waals surface area (Å²) in [4.78, 5) is 31.8. The number of aliphatic hydroxyl groups is 1. The highest BCUT2D eigenvalue weighted by Gasteiger charge is 2.34. The molecule has 2 aromatic rings. The number of amides is 1. The molecule has 2 aromatic heterocycles. The van der Waals surface area contributed by atoms with Crippen LogP contribution in [0.15, 0.2) is 32.5 Å². The minimum absolute atomic E-state index is 0.0249. The van der Waals surface area contributed by atoms with E-state index in [1.165, 1.54) is 19.4 Å². The zero-order valence-corrected chi connectivity index (χ0v) is 20.5. The average Bonchev–Trinajstić information content (AvgIpc) is 3.24. The van der Waals surface area contributed by atoms with Crippen molar-refractivity contribution in [3.63, 3.8) is 0 Å². The van der Waals surface area contributed by atoms with E-state index in [0.717, 1.165) is 24.2 Å². The van der Waals surface area contributed by atoms with Crippen LogP contribution in [0.25, 0.3) is 0 Å². The lowest BCUT2D eigenvalue weighted by Crippen LogP contribution is -2.46. The van der Waals surface area contributed by atoms with Crippen molar-refractivity contribution in [3.05, 3.63) is 34.5 Å². The maximum absolute atomic E-state index is 12.9. The van der Waals surface area contributed by atoms with Gasteiger partial charge in [0.1, 0.15) is 0 Å². The van der Waals surface area contributed by atoms with E-state index in [2.05, 4.69) is 27.4 Å². The lowest BCUT2D eigenvalue weighted by atomic mass is 9.81. The molecule has 1 aliphatic rings. The summed E-state index contributed by atoms with van der Waals surface area (Å²) in [6.45, 7) is 6.58. The van der Waals surface area contributed by atoms with Gasteiger partial charge in [0.2, 0.25) is 16.0 Å². The third kappa shape index (κ3) is 5.62. The maximum atomic E-state index is 12.9. The Labute approximate surface area is 201 Å². The summed E-state index contributed by atoms with van der Waals surface area (Å²) in [6, 6.07) is 1.53. The Kier molecular flexibility index (Phi) is 8.40. The van der Waals surface area contributed by atoms with Crippen molar-refractivity contribution >= 4 is 38.9 Å². The second-order valence-corrected chi connectivity index (χ2v) is 9.13. The molecular weight excluding hydrogens is 460 g/mol. The molecule has 0 aromatic carbocycles. The van der Waals surface area contributed by atoms with E-state index in [1.54, 1.807) is 13.0 Å². The fraction of sp³-hybridized carbons (Fsp3) is 0.500. The van der Waals surface area contributed by atoms with Crippen LogP contribution in [0.1, 0.15) is 44.2 Å². The number of methoxy groups -OCH3 is 1. The van der Waals surface area contributed by atoms with E-state index in [1.807, 2.05) is 11.8 Å². The number of nitrogens with two attached hydrogens (primary N) is 1. The number of aliphatic imine (C=N–C) groups is 1. The van der Waals surface area contributed by atoms with E-state index < -0.39 is 11.5 Å². The second kappa shape index (κ2) is 11.3. The molecule has 1 fully saturated rings. The van der Waals surface area contributed by atoms with Crippen LogP contribution in [0.4, 0.5) is 16.0 Å². The third-order valence-corrected chi connectivity index (χ3v) is 6.67. The summed E-state index contributed by atoms with van der Waals surface area (Å²) in [6.07, 6.45) is 4.83. The van der Waals surface area contributed by atoms with Crippen LogP contribution in [0.5, 0.6) is 5.75 Å². The molecule has 0 saturated carbocycles. The molecule has 34 heavy (non-hydrogen) atoms. The summed E-state index contributed by atoms with van der Waals surface area (Å²) >= 11 is 1.07. The molecule has 0 bridgehead atoms. The molecular formula is C22H30N6O5S. The molecule has 3 heterocycles. The third-order valence-electron chi connectivity index (χ3n) is 5.94. The number of aliphatic hydroxyl groups excluding tert-OH is 1. The van der Waals surface area contributed by atoms with Gasteiger partial charge in [-0.25, -0.2) is 9.79 Å². The van der Waals surface area contributed by atoms with Gasteiger partial charge in [-0.3, -0.25) is 10.1 Å². The van der Waals surface area contributed by atoms with Gasteiger partial charge >= 0.3 is 5.63 Å². The van der Waals surface area contributed by atoms with Crippen molar-refractivity contribution in [2.24, 2.45) is 22.6 Å². The number of piperidine rings is 1. The number of hydrogen-bond acceptors (Lipinski definition) is 11. The molecule has 0 aliphatic carbocycles. The quantitative estimate of drug-likeness (QED) is 0.473. The van der Waals surface area contributed by atoms with Crippen LogP contribution in [0.2, 0.25) is 0 Å². The standard InChI is InChI=1S/C22H30N6O5S/c1-12(11-29)15-6-5-9-28(14(15)3)16-10-17(33-20(31)18(16)32-4)19(30)25-22-27-26-21(34-22)24-13(2)7-8-23/h7-8,10,12,14-15,29H,5-6,9,11,23H2,1-4H3,(H,25,27,30)/b8-7-,24-13+/t12-,14?,15+/m0/s1. The molecule has 12 heteroatoms. The highest BCUT2D eigenvalue weighted by atomic mass is 32.1. The molecule has 3 rings (SSSR count). The van der Waals surface area contributed by atoms with Crippen molar-refractivity contribution in [1.82, 2.24) is 10.2 Å². The van der Waals surface area contributed by atoms with E-state index in [4.69, 9.17) is 14.9 Å². The lowest BCUT2D eigenvalue weighted by Gasteiger charge is -2.43. The van der Waals surface area contributed by atoms with Crippen LogP contribution in [0, 0.1) is 11.8 Å². The minimum atomic E-state index is -0.749. The topological polar surface area (TPSA) is 156 Å². The van der Waals surface area contributed by atoms with Crippen molar-refractivity contribution < 1.29 is 19.1 Å². The molecule has 0 radical (unpaired) electrons. The minimum Gasteiger partial charge on any atom is -0.488 e. The molecule has 184 valence electrons. The monoisotopic (exact) mass is 490 g/mol. The molecule has 11 nitrogen and oxygen atoms in total. The molecule has 1 saturated heterocycles. The largest absolute Gasteiger partial charge is 0.488 e. The summed E-state index contributed by atoms with van der Waals surface area (Å²) in [5, 5.41) is 20.6. The van der Waals surface area contributed by atoms with Crippen molar-refractivity contribution in [3.8, 4) is 5.75 Å². The van der Waals surface area contributed by atoms with E-state index in [-0.39, 0.29) is 41.1 Å². The Bertz CT molecular complexity index is 1130. The molecule has 1 aliphatic heterocycles. The summed E-state index contributed by atoms with van der Waals surface area (Å²) in [5.41, 5.74) is 5.71. The van der Waals surface area contributed by atoms with Gasteiger partial charge < -0.3 is 24.9 Å². The number of nitrogens with one attached hydrogen (secondary N) is 1. The van der Waals surface area contributed by atoms with Crippen LogP contribution >= 0.6 is 11.3 Å². The van der Waals surface area contributed by atoms with Gasteiger partial charge in [-0.1, -0.05) is 18.3 Å². The fourth-order valence-corrected chi connectivity index (χ4v) is 4.86. The summed E-state index contributed by atoms with van der Waals surface area (Å²) in [7, 11) is 1.39. The van der Waals surface area contributed by atoms with Gasteiger partial charge in [-0.15, -0.1) is 10.2 Å². The predicted octanol–water partition coefficient (Wildman–Crippen LogP) is 2.55. The zero-order chi connectivity index (χ0) is 24.8. The van der Waals surface area contributed by atoms with Crippen LogP contribution < -0.4 is 26.3 Å². The number of hydrogen-bond donors (Lipinski definition) is 3. The molecule has 4 N–H and O–H groups in total. The van der Waals surface area contributed by atoms with Gasteiger partial charge in [-0.2, -0.15) is 0 Å². The number of allylic oxidation sites excluding steroid dienone is 1. The smallest absolute Gasteiger partial charge is 0.381 e. The first-order chi connectivity index (χ1) is 16.3. The first kappa shape index (κ1) is 25.4. The molecule has 3 atom stereocenters. The second-order valence-electron chi connectivity index (χ2n) is 8.17. The normalized spacial score (nSPS) is 19.9.